The summed E-state index contributed by atoms with van der Waals surface area (Å²) in [5.74, 6) is 1.59. The highest BCUT2D eigenvalue weighted by Gasteiger charge is 2.20. The summed E-state index contributed by atoms with van der Waals surface area (Å²) in [5, 5.41) is 3.04. The van der Waals surface area contributed by atoms with Crippen molar-refractivity contribution in [3.05, 3.63) is 29.8 Å². The molecule has 1 aliphatic rings. The maximum absolute atomic E-state index is 11.9. The smallest absolute Gasteiger partial charge is 0.220 e. The predicted molar refractivity (Wildman–Crippen MR) is 83.3 cm³/mol. The van der Waals surface area contributed by atoms with Gasteiger partial charge in [0.15, 0.2) is 0 Å². The lowest BCUT2D eigenvalue weighted by Crippen LogP contribution is -2.29. The first-order valence-corrected chi connectivity index (χ1v) is 7.74. The standard InChI is InChI=1S/C17H26N2O/c1-13-3-2-4-15(11-13)12-17(20)19-10-9-14-5-7-16(18)8-6-14/h5-8,13,15H,2-4,9-12,18H2,1H3,(H,19,20). The third kappa shape index (κ3) is 4.87. The number of hydrogen-bond acceptors (Lipinski definition) is 2. The van der Waals surface area contributed by atoms with Crippen molar-refractivity contribution < 1.29 is 4.79 Å². The van der Waals surface area contributed by atoms with Crippen LogP contribution < -0.4 is 11.1 Å². The minimum absolute atomic E-state index is 0.208. The van der Waals surface area contributed by atoms with E-state index in [4.69, 9.17) is 5.73 Å². The number of nitrogens with one attached hydrogen (secondary N) is 1. The zero-order chi connectivity index (χ0) is 14.4. The van der Waals surface area contributed by atoms with Gasteiger partial charge in [-0.2, -0.15) is 0 Å². The minimum Gasteiger partial charge on any atom is -0.399 e. The number of amides is 1. The van der Waals surface area contributed by atoms with Gasteiger partial charge in [-0.3, -0.25) is 4.79 Å². The first-order valence-electron chi connectivity index (χ1n) is 7.74. The first-order chi connectivity index (χ1) is 9.63. The van der Waals surface area contributed by atoms with Crippen LogP contribution in [0.5, 0.6) is 0 Å². The van der Waals surface area contributed by atoms with E-state index in [9.17, 15) is 4.79 Å². The monoisotopic (exact) mass is 274 g/mol. The molecule has 1 aliphatic carbocycles. The van der Waals surface area contributed by atoms with E-state index >= 15 is 0 Å². The van der Waals surface area contributed by atoms with Crippen molar-refractivity contribution in [2.45, 2.75) is 45.4 Å². The Balaban J connectivity index is 1.66. The van der Waals surface area contributed by atoms with Crippen LogP contribution in [-0.4, -0.2) is 12.5 Å². The van der Waals surface area contributed by atoms with E-state index in [1.54, 1.807) is 0 Å². The first kappa shape index (κ1) is 14.9. The summed E-state index contributed by atoms with van der Waals surface area (Å²) < 4.78 is 0. The van der Waals surface area contributed by atoms with Crippen molar-refractivity contribution in [2.75, 3.05) is 12.3 Å². The highest BCUT2D eigenvalue weighted by atomic mass is 16.1. The molecule has 1 aromatic rings. The lowest BCUT2D eigenvalue weighted by Gasteiger charge is -2.26. The molecular formula is C17H26N2O. The Bertz CT molecular complexity index is 427. The van der Waals surface area contributed by atoms with Gasteiger partial charge in [0, 0.05) is 18.7 Å². The van der Waals surface area contributed by atoms with Crippen LogP contribution in [0.3, 0.4) is 0 Å². The number of carbonyl (C=O) groups excluding carboxylic acids is 1. The van der Waals surface area contributed by atoms with Gasteiger partial charge in [-0.1, -0.05) is 31.9 Å². The van der Waals surface area contributed by atoms with Gasteiger partial charge >= 0.3 is 0 Å². The summed E-state index contributed by atoms with van der Waals surface area (Å²) in [6.07, 6.45) is 6.61. The van der Waals surface area contributed by atoms with E-state index < -0.39 is 0 Å². The Hall–Kier alpha value is -1.51. The fraction of sp³-hybridized carbons (Fsp3) is 0.588. The number of carbonyl (C=O) groups is 1. The molecule has 2 unspecified atom stereocenters. The van der Waals surface area contributed by atoms with E-state index in [-0.39, 0.29) is 5.91 Å². The SMILES string of the molecule is CC1CCCC(CC(=O)NCCc2ccc(N)cc2)C1. The molecule has 1 fully saturated rings. The fourth-order valence-corrected chi connectivity index (χ4v) is 3.11. The number of nitrogen functional groups attached to an aromatic ring is 1. The van der Waals surface area contributed by atoms with E-state index in [1.807, 2.05) is 24.3 Å². The Kier molecular flexibility index (Phi) is 5.45. The molecule has 0 aromatic heterocycles. The Morgan fingerprint density at radius 2 is 2.05 bits per heavy atom. The molecule has 0 saturated heterocycles. The number of anilines is 1. The number of nitrogens with two attached hydrogens (primary N) is 1. The molecule has 1 amide bonds. The van der Waals surface area contributed by atoms with Crippen LogP contribution >= 0.6 is 0 Å². The van der Waals surface area contributed by atoms with Crippen LogP contribution in [-0.2, 0) is 11.2 Å². The molecule has 0 bridgehead atoms. The second-order valence-electron chi connectivity index (χ2n) is 6.18. The third-order valence-electron chi connectivity index (χ3n) is 4.23. The van der Waals surface area contributed by atoms with Crippen molar-refractivity contribution in [3.63, 3.8) is 0 Å². The molecule has 2 atom stereocenters. The van der Waals surface area contributed by atoms with Gasteiger partial charge in [-0.25, -0.2) is 0 Å². The second-order valence-corrected chi connectivity index (χ2v) is 6.18. The van der Waals surface area contributed by atoms with Gasteiger partial charge in [0.1, 0.15) is 0 Å². The normalized spacial score (nSPS) is 22.4. The lowest BCUT2D eigenvalue weighted by atomic mass is 9.81. The molecule has 3 heteroatoms. The van der Waals surface area contributed by atoms with Crippen LogP contribution in [0.4, 0.5) is 5.69 Å². The average molecular weight is 274 g/mol. The molecule has 3 N–H and O–H groups in total. The van der Waals surface area contributed by atoms with E-state index in [0.717, 1.165) is 18.0 Å². The molecule has 0 radical (unpaired) electrons. The topological polar surface area (TPSA) is 55.1 Å². The van der Waals surface area contributed by atoms with Crippen LogP contribution in [0.1, 0.15) is 44.6 Å². The summed E-state index contributed by atoms with van der Waals surface area (Å²) in [5.41, 5.74) is 7.64. The molecular weight excluding hydrogens is 248 g/mol. The quantitative estimate of drug-likeness (QED) is 0.810. The molecule has 1 aromatic carbocycles. The molecule has 20 heavy (non-hydrogen) atoms. The van der Waals surface area contributed by atoms with Crippen LogP contribution in [0, 0.1) is 11.8 Å². The molecule has 2 rings (SSSR count). The van der Waals surface area contributed by atoms with Crippen molar-refractivity contribution in [1.82, 2.24) is 5.32 Å². The van der Waals surface area contributed by atoms with Gasteiger partial charge in [-0.05, 0) is 48.8 Å². The van der Waals surface area contributed by atoms with Crippen LogP contribution in [0.15, 0.2) is 24.3 Å². The molecule has 1 saturated carbocycles. The van der Waals surface area contributed by atoms with E-state index in [0.29, 0.717) is 18.9 Å². The zero-order valence-corrected chi connectivity index (χ0v) is 12.4. The van der Waals surface area contributed by atoms with E-state index in [1.165, 1.54) is 31.2 Å². The fourth-order valence-electron chi connectivity index (χ4n) is 3.11. The summed E-state index contributed by atoms with van der Waals surface area (Å²) in [6.45, 7) is 3.01. The largest absolute Gasteiger partial charge is 0.399 e. The zero-order valence-electron chi connectivity index (χ0n) is 12.4. The Labute approximate surface area is 121 Å². The maximum atomic E-state index is 11.9. The molecule has 0 aliphatic heterocycles. The predicted octanol–water partition coefficient (Wildman–Crippen LogP) is 3.14. The minimum atomic E-state index is 0.208. The molecule has 3 nitrogen and oxygen atoms in total. The van der Waals surface area contributed by atoms with Crippen molar-refractivity contribution in [1.29, 1.82) is 0 Å². The average Bonchev–Trinajstić information content (AvgIpc) is 2.41. The molecule has 110 valence electrons. The van der Waals surface area contributed by atoms with Gasteiger partial charge in [0.2, 0.25) is 5.91 Å². The molecule has 0 heterocycles. The third-order valence-corrected chi connectivity index (χ3v) is 4.23. The molecule has 0 spiro atoms. The second kappa shape index (κ2) is 7.32. The summed E-state index contributed by atoms with van der Waals surface area (Å²) in [6, 6.07) is 7.84. The maximum Gasteiger partial charge on any atom is 0.220 e. The number of hydrogen-bond donors (Lipinski definition) is 2. The van der Waals surface area contributed by atoms with Gasteiger partial charge < -0.3 is 11.1 Å². The Morgan fingerprint density at radius 1 is 1.30 bits per heavy atom. The van der Waals surface area contributed by atoms with Crippen molar-refractivity contribution in [3.8, 4) is 0 Å². The van der Waals surface area contributed by atoms with Crippen molar-refractivity contribution in [2.24, 2.45) is 11.8 Å². The number of benzene rings is 1. The summed E-state index contributed by atoms with van der Waals surface area (Å²) in [4.78, 5) is 11.9. The van der Waals surface area contributed by atoms with Gasteiger partial charge in [0.25, 0.3) is 0 Å². The highest BCUT2D eigenvalue weighted by Crippen LogP contribution is 2.30. The summed E-state index contributed by atoms with van der Waals surface area (Å²) in [7, 11) is 0. The van der Waals surface area contributed by atoms with Gasteiger partial charge in [0.05, 0.1) is 0 Å². The summed E-state index contributed by atoms with van der Waals surface area (Å²) >= 11 is 0. The van der Waals surface area contributed by atoms with Gasteiger partial charge in [-0.15, -0.1) is 0 Å². The number of rotatable bonds is 5. The lowest BCUT2D eigenvalue weighted by molar-refractivity contribution is -0.122. The van der Waals surface area contributed by atoms with E-state index in [2.05, 4.69) is 12.2 Å². The van der Waals surface area contributed by atoms with Crippen molar-refractivity contribution >= 4 is 11.6 Å². The van der Waals surface area contributed by atoms with Crippen LogP contribution in [0.2, 0.25) is 0 Å². The Morgan fingerprint density at radius 3 is 2.75 bits per heavy atom. The highest BCUT2D eigenvalue weighted by molar-refractivity contribution is 5.76. The van der Waals surface area contributed by atoms with Crippen LogP contribution in [0.25, 0.3) is 0 Å².